The molecule has 0 aromatic carbocycles. The number of nitrogens with zero attached hydrogens (tertiary/aromatic N) is 4. The van der Waals surface area contributed by atoms with Gasteiger partial charge in [0, 0.05) is 42.4 Å². The molecule has 2 N–H and O–H groups in total. The first kappa shape index (κ1) is 14.7. The number of aromatic nitrogens is 4. The summed E-state index contributed by atoms with van der Waals surface area (Å²) in [7, 11) is 2.04. The van der Waals surface area contributed by atoms with E-state index in [-0.39, 0.29) is 0 Å². The van der Waals surface area contributed by atoms with Gasteiger partial charge < -0.3 is 10.2 Å². The fourth-order valence-corrected chi connectivity index (χ4v) is 4.94. The molecule has 0 unspecified atom stereocenters. The van der Waals surface area contributed by atoms with Gasteiger partial charge in [-0.25, -0.2) is 9.97 Å². The first-order valence-electron chi connectivity index (χ1n) is 8.72. The lowest BCUT2D eigenvalue weighted by atomic mass is 9.70. The van der Waals surface area contributed by atoms with Gasteiger partial charge in [0.1, 0.15) is 10.1 Å². The van der Waals surface area contributed by atoms with E-state index in [0.717, 1.165) is 29.1 Å². The second kappa shape index (κ2) is 5.46. The lowest BCUT2D eigenvalue weighted by Crippen LogP contribution is -2.41. The Bertz CT molecular complexity index is 749. The lowest BCUT2D eigenvalue weighted by Gasteiger charge is -2.36. The van der Waals surface area contributed by atoms with Crippen molar-refractivity contribution >= 4 is 17.7 Å². The number of anilines is 1. The Morgan fingerprint density at radius 2 is 2.25 bits per heavy atom. The van der Waals surface area contributed by atoms with E-state index in [1.54, 1.807) is 11.8 Å². The molecule has 24 heavy (non-hydrogen) atoms. The Hall–Kier alpha value is -1.60. The van der Waals surface area contributed by atoms with E-state index in [4.69, 9.17) is 4.98 Å². The maximum Gasteiger partial charge on any atom is 0.226 e. The van der Waals surface area contributed by atoms with E-state index in [9.17, 15) is 0 Å². The summed E-state index contributed by atoms with van der Waals surface area (Å²) in [4.78, 5) is 11.7. The molecule has 4 fully saturated rings. The molecule has 4 heterocycles. The highest BCUT2D eigenvalue weighted by Gasteiger charge is 2.55. The van der Waals surface area contributed by atoms with Crippen molar-refractivity contribution in [1.29, 1.82) is 0 Å². The van der Waals surface area contributed by atoms with Gasteiger partial charge >= 0.3 is 0 Å². The predicted octanol–water partition coefficient (Wildman–Crippen LogP) is 2.42. The average Bonchev–Trinajstić information content (AvgIpc) is 3.04. The van der Waals surface area contributed by atoms with Crippen molar-refractivity contribution in [1.82, 2.24) is 25.5 Å². The molecule has 0 spiro atoms. The molecule has 7 heteroatoms. The summed E-state index contributed by atoms with van der Waals surface area (Å²) >= 11 is 1.62. The van der Waals surface area contributed by atoms with Crippen LogP contribution in [0.5, 0.6) is 0 Å². The van der Waals surface area contributed by atoms with E-state index in [2.05, 4.69) is 31.5 Å². The van der Waals surface area contributed by atoms with Crippen molar-refractivity contribution in [2.75, 3.05) is 25.0 Å². The van der Waals surface area contributed by atoms with Crippen LogP contribution in [-0.4, -0.2) is 46.3 Å². The summed E-state index contributed by atoms with van der Waals surface area (Å²) in [5.41, 5.74) is 1.70. The molecule has 2 aliphatic heterocycles. The number of hydrogen-bond acceptors (Lipinski definition) is 6. The minimum Gasteiger partial charge on any atom is -0.337 e. The van der Waals surface area contributed by atoms with E-state index in [1.165, 1.54) is 31.4 Å². The van der Waals surface area contributed by atoms with Gasteiger partial charge in [-0.2, -0.15) is 5.10 Å². The monoisotopic (exact) mass is 342 g/mol. The fraction of sp³-hybridized carbons (Fsp3) is 0.588. The maximum atomic E-state index is 4.79. The van der Waals surface area contributed by atoms with Crippen molar-refractivity contribution in [2.45, 2.75) is 47.7 Å². The number of nitrogens with one attached hydrogen (secondary N) is 2. The van der Waals surface area contributed by atoms with Crippen LogP contribution in [0.25, 0.3) is 0 Å². The second-order valence-electron chi connectivity index (χ2n) is 7.45. The second-order valence-corrected chi connectivity index (χ2v) is 8.49. The minimum atomic E-state index is 0.438. The fourth-order valence-electron chi connectivity index (χ4n) is 4.20. The zero-order chi connectivity index (χ0) is 16.1. The van der Waals surface area contributed by atoms with Crippen LogP contribution in [0.1, 0.15) is 37.3 Å². The number of fused-ring (bicyclic) bond motifs is 1. The van der Waals surface area contributed by atoms with Crippen LogP contribution in [0, 0.1) is 5.41 Å². The van der Waals surface area contributed by atoms with Gasteiger partial charge in [-0.1, -0.05) is 0 Å². The number of rotatable bonds is 6. The quantitative estimate of drug-likeness (QED) is 0.786. The van der Waals surface area contributed by atoms with Crippen LogP contribution in [-0.2, 0) is 0 Å². The van der Waals surface area contributed by atoms with Crippen LogP contribution in [0.3, 0.4) is 0 Å². The standard InChI is InChI=1S/C17H22N6S/c1-18-9-17-7-12(8-17)23(10-17)16-19-5-4-14(20-16)24-15-6-13(21-22-15)11-2-3-11/h4-6,11-12,18H,2-3,7-10H2,1H3,(H,21,22). The Morgan fingerprint density at radius 3 is 3.04 bits per heavy atom. The normalized spacial score (nSPS) is 28.2. The van der Waals surface area contributed by atoms with Crippen molar-refractivity contribution in [2.24, 2.45) is 5.41 Å². The third-order valence-corrected chi connectivity index (χ3v) is 6.37. The number of H-pyrrole nitrogens is 1. The minimum absolute atomic E-state index is 0.438. The third-order valence-electron chi connectivity index (χ3n) is 5.51. The van der Waals surface area contributed by atoms with Crippen LogP contribution < -0.4 is 10.2 Å². The first-order valence-corrected chi connectivity index (χ1v) is 9.54. The largest absolute Gasteiger partial charge is 0.337 e. The van der Waals surface area contributed by atoms with Crippen molar-refractivity contribution in [3.8, 4) is 0 Å². The van der Waals surface area contributed by atoms with Crippen molar-refractivity contribution in [3.63, 3.8) is 0 Å². The third kappa shape index (κ3) is 2.50. The summed E-state index contributed by atoms with van der Waals surface area (Å²) in [6.07, 6.45) is 6.97. The van der Waals surface area contributed by atoms with Gasteiger partial charge in [-0.05, 0) is 56.6 Å². The van der Waals surface area contributed by atoms with Crippen LogP contribution in [0.4, 0.5) is 5.95 Å². The highest BCUT2D eigenvalue weighted by atomic mass is 32.2. The Morgan fingerprint density at radius 1 is 1.38 bits per heavy atom. The number of hydrogen-bond donors (Lipinski definition) is 2. The van der Waals surface area contributed by atoms with Gasteiger partial charge in [-0.3, -0.25) is 5.10 Å². The zero-order valence-electron chi connectivity index (χ0n) is 13.8. The molecule has 2 bridgehead atoms. The smallest absolute Gasteiger partial charge is 0.226 e. The van der Waals surface area contributed by atoms with Crippen molar-refractivity contribution in [3.05, 3.63) is 24.0 Å². The topological polar surface area (TPSA) is 69.7 Å². The maximum absolute atomic E-state index is 4.79. The predicted molar refractivity (Wildman–Crippen MR) is 93.4 cm³/mol. The Balaban J connectivity index is 1.31. The van der Waals surface area contributed by atoms with E-state index in [1.807, 2.05) is 19.3 Å². The van der Waals surface area contributed by atoms with Gasteiger partial charge in [0.05, 0.1) is 0 Å². The highest BCUT2D eigenvalue weighted by Crippen LogP contribution is 2.52. The van der Waals surface area contributed by atoms with Gasteiger partial charge in [0.2, 0.25) is 5.95 Å². The molecule has 6 nitrogen and oxygen atoms in total. The molecule has 2 aromatic rings. The molecule has 2 saturated carbocycles. The van der Waals surface area contributed by atoms with Gasteiger partial charge in [0.25, 0.3) is 0 Å². The Labute approximate surface area is 145 Å². The zero-order valence-corrected chi connectivity index (χ0v) is 14.6. The summed E-state index contributed by atoms with van der Waals surface area (Å²) in [5, 5.41) is 12.9. The molecule has 6 rings (SSSR count). The molecule has 0 radical (unpaired) electrons. The van der Waals surface area contributed by atoms with E-state index >= 15 is 0 Å². The summed E-state index contributed by atoms with van der Waals surface area (Å²) in [6.45, 7) is 2.16. The summed E-state index contributed by atoms with van der Waals surface area (Å²) in [5.74, 6) is 1.58. The SMILES string of the molecule is CNCC12CC(C1)N(c1nccc(Sc3cc(C4CC4)[nH]n3)n1)C2. The van der Waals surface area contributed by atoms with Gasteiger partial charge in [0.15, 0.2) is 0 Å². The van der Waals surface area contributed by atoms with E-state index in [0.29, 0.717) is 17.4 Å². The molecule has 126 valence electrons. The number of aromatic amines is 1. The molecular weight excluding hydrogens is 320 g/mol. The molecule has 0 amide bonds. The van der Waals surface area contributed by atoms with Crippen molar-refractivity contribution < 1.29 is 0 Å². The van der Waals surface area contributed by atoms with Crippen LogP contribution >= 0.6 is 11.8 Å². The Kier molecular flexibility index (Phi) is 3.35. The molecule has 2 saturated heterocycles. The van der Waals surface area contributed by atoms with E-state index < -0.39 is 0 Å². The average molecular weight is 342 g/mol. The summed E-state index contributed by atoms with van der Waals surface area (Å²) < 4.78 is 0. The molecule has 2 aliphatic carbocycles. The van der Waals surface area contributed by atoms with Crippen LogP contribution in [0.2, 0.25) is 0 Å². The molecule has 4 aliphatic rings. The molecule has 2 aromatic heterocycles. The first-order chi connectivity index (χ1) is 11.7. The molecular formula is C17H22N6S. The summed E-state index contributed by atoms with van der Waals surface area (Å²) in [6, 6.07) is 4.76. The van der Waals surface area contributed by atoms with Crippen LogP contribution in [0.15, 0.2) is 28.4 Å². The van der Waals surface area contributed by atoms with Gasteiger partial charge in [-0.15, -0.1) is 0 Å². The molecule has 0 atom stereocenters. The highest BCUT2D eigenvalue weighted by molar-refractivity contribution is 7.99. The lowest BCUT2D eigenvalue weighted by molar-refractivity contribution is 0.196.